The summed E-state index contributed by atoms with van der Waals surface area (Å²) in [4.78, 5) is 0. The van der Waals surface area contributed by atoms with Gasteiger partial charge >= 0.3 is 0 Å². The molecule has 0 fully saturated rings. The van der Waals surface area contributed by atoms with Crippen molar-refractivity contribution in [3.8, 4) is 0 Å². The van der Waals surface area contributed by atoms with E-state index >= 15 is 0 Å². The third kappa shape index (κ3) is 2.86. The van der Waals surface area contributed by atoms with Crippen molar-refractivity contribution in [2.45, 2.75) is 46.1 Å². The molecule has 1 aromatic heterocycles. The standard InChI is InChI=1S/C12H21BrN2O/c1-5-9(6-2)11(16)7-10-12(13)8(3)14-15(10)4/h9,11,16H,5-7H2,1-4H3. The zero-order chi connectivity index (χ0) is 12.3. The molecule has 1 N–H and O–H groups in total. The molecule has 1 aromatic rings. The van der Waals surface area contributed by atoms with Gasteiger partial charge < -0.3 is 5.11 Å². The Kier molecular flexibility index (Phi) is 4.99. The Bertz CT molecular complexity index is 345. The van der Waals surface area contributed by atoms with Gasteiger partial charge in [-0.2, -0.15) is 5.10 Å². The number of hydrogen-bond donors (Lipinski definition) is 1. The van der Waals surface area contributed by atoms with Gasteiger partial charge in [-0.25, -0.2) is 0 Å². The molecule has 0 bridgehead atoms. The summed E-state index contributed by atoms with van der Waals surface area (Å²) >= 11 is 3.53. The van der Waals surface area contributed by atoms with E-state index in [0.717, 1.165) is 28.7 Å². The third-order valence-corrected chi connectivity index (χ3v) is 4.29. The van der Waals surface area contributed by atoms with Gasteiger partial charge in [-0.15, -0.1) is 0 Å². The van der Waals surface area contributed by atoms with E-state index in [4.69, 9.17) is 0 Å². The van der Waals surface area contributed by atoms with Crippen molar-refractivity contribution in [3.05, 3.63) is 15.9 Å². The van der Waals surface area contributed by atoms with E-state index in [2.05, 4.69) is 34.9 Å². The quantitative estimate of drug-likeness (QED) is 0.905. The molecular formula is C12H21BrN2O. The monoisotopic (exact) mass is 288 g/mol. The maximum atomic E-state index is 10.2. The Morgan fingerprint density at radius 2 is 1.94 bits per heavy atom. The SMILES string of the molecule is CCC(CC)C(O)Cc1c(Br)c(C)nn1C. The maximum absolute atomic E-state index is 10.2. The van der Waals surface area contributed by atoms with Crippen LogP contribution in [-0.2, 0) is 13.5 Å². The number of rotatable bonds is 5. The van der Waals surface area contributed by atoms with Crippen molar-refractivity contribution in [2.24, 2.45) is 13.0 Å². The Balaban J connectivity index is 2.80. The minimum atomic E-state index is -0.277. The van der Waals surface area contributed by atoms with Crippen molar-refractivity contribution >= 4 is 15.9 Å². The lowest BCUT2D eigenvalue weighted by Crippen LogP contribution is -2.23. The van der Waals surface area contributed by atoms with Gasteiger partial charge in [0.05, 0.1) is 22.0 Å². The Morgan fingerprint density at radius 1 is 1.38 bits per heavy atom. The van der Waals surface area contributed by atoms with E-state index in [-0.39, 0.29) is 6.10 Å². The van der Waals surface area contributed by atoms with Gasteiger partial charge in [0, 0.05) is 13.5 Å². The first kappa shape index (κ1) is 13.7. The summed E-state index contributed by atoms with van der Waals surface area (Å²) in [6.07, 6.45) is 2.43. The number of halogens is 1. The van der Waals surface area contributed by atoms with E-state index in [1.807, 2.05) is 18.7 Å². The molecule has 16 heavy (non-hydrogen) atoms. The molecule has 0 saturated carbocycles. The minimum Gasteiger partial charge on any atom is -0.392 e. The summed E-state index contributed by atoms with van der Waals surface area (Å²) in [6.45, 7) is 6.22. The van der Waals surface area contributed by atoms with Crippen LogP contribution in [0.2, 0.25) is 0 Å². The zero-order valence-corrected chi connectivity index (χ0v) is 12.1. The first-order chi connectivity index (χ1) is 7.51. The fourth-order valence-corrected chi connectivity index (χ4v) is 2.60. The number of aromatic nitrogens is 2. The fourth-order valence-electron chi connectivity index (χ4n) is 2.10. The van der Waals surface area contributed by atoms with Gasteiger partial charge in [-0.1, -0.05) is 26.7 Å². The molecule has 4 heteroatoms. The molecule has 0 radical (unpaired) electrons. The van der Waals surface area contributed by atoms with Crippen LogP contribution in [0.25, 0.3) is 0 Å². The first-order valence-electron chi connectivity index (χ1n) is 5.87. The maximum Gasteiger partial charge on any atom is 0.0738 e. The van der Waals surface area contributed by atoms with Crippen LogP contribution in [0.4, 0.5) is 0 Å². The van der Waals surface area contributed by atoms with Gasteiger partial charge in [0.2, 0.25) is 0 Å². The summed E-state index contributed by atoms with van der Waals surface area (Å²) in [5.74, 6) is 0.377. The molecular weight excluding hydrogens is 268 g/mol. The highest BCUT2D eigenvalue weighted by atomic mass is 79.9. The molecule has 1 rings (SSSR count). The topological polar surface area (TPSA) is 38.1 Å². The van der Waals surface area contributed by atoms with Gasteiger partial charge in [0.15, 0.2) is 0 Å². The summed E-state index contributed by atoms with van der Waals surface area (Å²) in [6, 6.07) is 0. The molecule has 92 valence electrons. The Morgan fingerprint density at radius 3 is 2.31 bits per heavy atom. The lowest BCUT2D eigenvalue weighted by molar-refractivity contribution is 0.101. The minimum absolute atomic E-state index is 0.277. The molecule has 1 atom stereocenters. The number of aryl methyl sites for hydroxylation is 2. The normalized spacial score (nSPS) is 13.4. The second-order valence-corrected chi connectivity index (χ2v) is 5.11. The molecule has 0 amide bonds. The number of aliphatic hydroxyl groups excluding tert-OH is 1. The molecule has 0 saturated heterocycles. The molecule has 1 unspecified atom stereocenters. The predicted molar refractivity (Wildman–Crippen MR) is 69.4 cm³/mol. The predicted octanol–water partition coefficient (Wildman–Crippen LogP) is 2.83. The van der Waals surface area contributed by atoms with Crippen molar-refractivity contribution < 1.29 is 5.11 Å². The smallest absolute Gasteiger partial charge is 0.0738 e. The highest BCUT2D eigenvalue weighted by Gasteiger charge is 2.20. The average Bonchev–Trinajstić information content (AvgIpc) is 2.47. The van der Waals surface area contributed by atoms with E-state index < -0.39 is 0 Å². The largest absolute Gasteiger partial charge is 0.392 e. The van der Waals surface area contributed by atoms with Crippen LogP contribution in [-0.4, -0.2) is 21.0 Å². The lowest BCUT2D eigenvalue weighted by Gasteiger charge is -2.20. The van der Waals surface area contributed by atoms with Crippen LogP contribution in [0.1, 0.15) is 38.1 Å². The highest BCUT2D eigenvalue weighted by molar-refractivity contribution is 9.10. The molecule has 0 aliphatic heterocycles. The molecule has 0 aliphatic carbocycles. The summed E-state index contributed by atoms with van der Waals surface area (Å²) in [5, 5.41) is 14.5. The number of aliphatic hydroxyl groups is 1. The third-order valence-electron chi connectivity index (χ3n) is 3.26. The van der Waals surface area contributed by atoms with E-state index in [1.54, 1.807) is 0 Å². The summed E-state index contributed by atoms with van der Waals surface area (Å²) < 4.78 is 2.88. The van der Waals surface area contributed by atoms with E-state index in [1.165, 1.54) is 0 Å². The van der Waals surface area contributed by atoms with Crippen LogP contribution in [0.3, 0.4) is 0 Å². The van der Waals surface area contributed by atoms with Crippen molar-refractivity contribution in [3.63, 3.8) is 0 Å². The lowest BCUT2D eigenvalue weighted by atomic mass is 9.93. The Labute approximate surface area is 106 Å². The van der Waals surface area contributed by atoms with Crippen molar-refractivity contribution in [2.75, 3.05) is 0 Å². The van der Waals surface area contributed by atoms with Gasteiger partial charge in [0.25, 0.3) is 0 Å². The number of hydrogen-bond acceptors (Lipinski definition) is 2. The first-order valence-corrected chi connectivity index (χ1v) is 6.66. The van der Waals surface area contributed by atoms with Crippen LogP contribution < -0.4 is 0 Å². The highest BCUT2D eigenvalue weighted by Crippen LogP contribution is 2.24. The van der Waals surface area contributed by atoms with Gasteiger partial charge in [0.1, 0.15) is 0 Å². The molecule has 0 spiro atoms. The number of nitrogens with zero attached hydrogens (tertiary/aromatic N) is 2. The van der Waals surface area contributed by atoms with Crippen LogP contribution in [0, 0.1) is 12.8 Å². The van der Waals surface area contributed by atoms with Crippen LogP contribution in [0.15, 0.2) is 4.47 Å². The second kappa shape index (κ2) is 5.82. The van der Waals surface area contributed by atoms with Crippen LogP contribution in [0.5, 0.6) is 0 Å². The van der Waals surface area contributed by atoms with Crippen molar-refractivity contribution in [1.82, 2.24) is 9.78 Å². The zero-order valence-electron chi connectivity index (χ0n) is 10.5. The molecule has 3 nitrogen and oxygen atoms in total. The summed E-state index contributed by atoms with van der Waals surface area (Å²) in [7, 11) is 1.92. The second-order valence-electron chi connectivity index (χ2n) is 4.32. The Hall–Kier alpha value is -0.350. The molecule has 0 aromatic carbocycles. The van der Waals surface area contributed by atoms with Gasteiger partial charge in [-0.05, 0) is 28.8 Å². The molecule has 0 aliphatic rings. The van der Waals surface area contributed by atoms with E-state index in [9.17, 15) is 5.11 Å². The molecule has 1 heterocycles. The fraction of sp³-hybridized carbons (Fsp3) is 0.750. The van der Waals surface area contributed by atoms with Crippen LogP contribution >= 0.6 is 15.9 Å². The van der Waals surface area contributed by atoms with Gasteiger partial charge in [-0.3, -0.25) is 4.68 Å². The summed E-state index contributed by atoms with van der Waals surface area (Å²) in [5.41, 5.74) is 2.06. The average molecular weight is 289 g/mol. The van der Waals surface area contributed by atoms with Crippen molar-refractivity contribution in [1.29, 1.82) is 0 Å². The van der Waals surface area contributed by atoms with E-state index in [0.29, 0.717) is 12.3 Å².